The highest BCUT2D eigenvalue weighted by Crippen LogP contribution is 2.41. The van der Waals surface area contributed by atoms with Gasteiger partial charge in [0.15, 0.2) is 45.4 Å². The van der Waals surface area contributed by atoms with Crippen LogP contribution >= 0.6 is 0 Å². The number of rotatable bonds is 22. The van der Waals surface area contributed by atoms with Crippen molar-refractivity contribution in [1.29, 1.82) is 0 Å². The molecule has 360 valence electrons. The van der Waals surface area contributed by atoms with E-state index in [0.717, 1.165) is 24.0 Å². The number of ketones is 1. The molecule has 4 rings (SSSR count). The van der Waals surface area contributed by atoms with E-state index < -0.39 is 28.6 Å². The molecule has 2 heterocycles. The van der Waals surface area contributed by atoms with Gasteiger partial charge in [0.05, 0.1) is 69.9 Å². The maximum atomic E-state index is 14.4. The zero-order chi connectivity index (χ0) is 48.5. The van der Waals surface area contributed by atoms with Crippen LogP contribution in [0, 0.1) is 5.92 Å². The highest BCUT2D eigenvalue weighted by Gasteiger charge is 2.42. The summed E-state index contributed by atoms with van der Waals surface area (Å²) in [5.41, 5.74) is 9.59. The largest absolute Gasteiger partial charge is 0.493 e. The van der Waals surface area contributed by atoms with Crippen LogP contribution < -0.4 is 35.3 Å². The molecule has 0 aromatic heterocycles. The van der Waals surface area contributed by atoms with Gasteiger partial charge in [-0.2, -0.15) is 0 Å². The molecule has 3 atom stereocenters. The number of anilines is 2. The summed E-state index contributed by atoms with van der Waals surface area (Å²) >= 11 is 0. The summed E-state index contributed by atoms with van der Waals surface area (Å²) in [5.74, 6) is 0.614. The Morgan fingerprint density at radius 3 is 1.94 bits per heavy atom. The maximum Gasteiger partial charge on any atom is 0.411 e. The fourth-order valence-electron chi connectivity index (χ4n) is 7.05. The van der Waals surface area contributed by atoms with Gasteiger partial charge in [-0.15, -0.1) is 0 Å². The Kier molecular flexibility index (Phi) is 18.0. The number of ether oxygens (including phenoxy) is 5. The van der Waals surface area contributed by atoms with E-state index in [1.165, 1.54) is 20.3 Å². The van der Waals surface area contributed by atoms with E-state index in [0.29, 0.717) is 73.5 Å². The van der Waals surface area contributed by atoms with Crippen LogP contribution in [0.15, 0.2) is 60.5 Å². The monoisotopic (exact) mass is 937 g/mol. The van der Waals surface area contributed by atoms with E-state index in [2.05, 4.69) is 84.9 Å². The number of carbonyl (C=O) groups excluding carboxylic acids is 3. The van der Waals surface area contributed by atoms with Gasteiger partial charge < -0.3 is 48.5 Å². The van der Waals surface area contributed by atoms with Crippen molar-refractivity contribution in [2.24, 2.45) is 5.92 Å². The second-order valence-electron chi connectivity index (χ2n) is 20.1. The van der Waals surface area contributed by atoms with Gasteiger partial charge in [-0.25, -0.2) is 4.79 Å². The minimum Gasteiger partial charge on any atom is -0.493 e. The van der Waals surface area contributed by atoms with Crippen molar-refractivity contribution >= 4 is 45.8 Å². The van der Waals surface area contributed by atoms with E-state index in [9.17, 15) is 14.4 Å². The number of methoxy groups -OCH3 is 2. The van der Waals surface area contributed by atoms with Crippen LogP contribution in [0.4, 0.5) is 16.2 Å². The highest BCUT2D eigenvalue weighted by atomic mass is 28.4. The van der Waals surface area contributed by atoms with Crippen molar-refractivity contribution < 1.29 is 46.9 Å². The number of Topliss-reactive ketones (excluding diaryl/α,β-unsaturated/α-hetero) is 1. The molecule has 0 radical (unpaired) electrons. The first-order valence-corrected chi connectivity index (χ1v) is 28.4. The third kappa shape index (κ3) is 13.4. The third-order valence-electron chi connectivity index (χ3n) is 13.1. The summed E-state index contributed by atoms with van der Waals surface area (Å²) in [6.07, 6.45) is 7.32. The third-order valence-corrected chi connectivity index (χ3v) is 22.1. The number of hydrogen-bond donors (Lipinski definition) is 3. The number of nitrogens with one attached hydrogen (secondary N) is 2. The van der Waals surface area contributed by atoms with E-state index >= 15 is 0 Å². The van der Waals surface area contributed by atoms with Gasteiger partial charge >= 0.3 is 6.09 Å². The van der Waals surface area contributed by atoms with Crippen molar-refractivity contribution in [1.82, 2.24) is 10.2 Å². The molecule has 14 nitrogen and oxygen atoms in total. The summed E-state index contributed by atoms with van der Waals surface area (Å²) < 4.78 is 42.0. The highest BCUT2D eigenvalue weighted by molar-refractivity contribution is 6.74. The van der Waals surface area contributed by atoms with Crippen molar-refractivity contribution in [2.45, 2.75) is 129 Å². The molecule has 0 aliphatic carbocycles. The van der Waals surface area contributed by atoms with E-state index in [4.69, 9.17) is 38.3 Å². The van der Waals surface area contributed by atoms with Crippen molar-refractivity contribution in [3.05, 3.63) is 71.6 Å². The maximum absolute atomic E-state index is 14.4. The molecule has 16 heteroatoms. The molecule has 1 unspecified atom stereocenters. The summed E-state index contributed by atoms with van der Waals surface area (Å²) in [7, 11) is -1.07. The predicted molar refractivity (Wildman–Crippen MR) is 264 cm³/mol. The smallest absolute Gasteiger partial charge is 0.411 e. The van der Waals surface area contributed by atoms with Crippen LogP contribution in [-0.4, -0.2) is 98.7 Å². The summed E-state index contributed by atoms with van der Waals surface area (Å²) in [6, 6.07) is 6.08. The fourth-order valence-corrected chi connectivity index (χ4v) is 9.12. The van der Waals surface area contributed by atoms with Gasteiger partial charge in [0, 0.05) is 29.6 Å². The van der Waals surface area contributed by atoms with Crippen LogP contribution in [0.1, 0.15) is 102 Å². The molecule has 4 N–H and O–H groups in total. The zero-order valence-corrected chi connectivity index (χ0v) is 43.5. The molecule has 2 aliphatic heterocycles. The van der Waals surface area contributed by atoms with Crippen LogP contribution in [0.5, 0.6) is 23.0 Å². The summed E-state index contributed by atoms with van der Waals surface area (Å²) in [6.45, 7) is 31.0. The molecule has 0 spiro atoms. The van der Waals surface area contributed by atoms with Gasteiger partial charge in [0.2, 0.25) is 0 Å². The Bertz CT molecular complexity index is 2090. The first-order chi connectivity index (χ1) is 30.3. The lowest BCUT2D eigenvalue weighted by Gasteiger charge is -2.38. The molecule has 0 fully saturated rings. The van der Waals surface area contributed by atoms with Crippen LogP contribution in [0.3, 0.4) is 0 Å². The number of nitrogen functional groups attached to an aromatic ring is 1. The molecule has 2 amide bonds. The lowest BCUT2D eigenvalue weighted by atomic mass is 9.87. The standard InChI is InChI=1S/C49H76N4O10Si2/c1-16-20-61-47(56)52-38-27-43(41(58-11)25-36(38)45(54)44-33(3)28-51-39(44)31-63-65(14,15)49(7,8)9)60-22-19-17-18-21-59-42-26-37(50)35(24-40(42)57-10)46(55)53-29-32(2)23-34(53)30-62-64(12,13)48(4,5)6/h16,24-29,34,39,44,51H,1,17-23,30-31,50H2,2-15H3,(H,52,56)/t34-,39+,44?/m0/s1. The van der Waals surface area contributed by atoms with Crippen LogP contribution in [0.25, 0.3) is 0 Å². The molecule has 0 bridgehead atoms. The number of unbranched alkanes of at least 4 members (excludes halogenated alkanes) is 2. The van der Waals surface area contributed by atoms with Crippen LogP contribution in [0.2, 0.25) is 36.3 Å². The Hall–Kier alpha value is -4.78. The summed E-state index contributed by atoms with van der Waals surface area (Å²) in [5, 5.41) is 6.15. The summed E-state index contributed by atoms with van der Waals surface area (Å²) in [4.78, 5) is 42.9. The van der Waals surface area contributed by atoms with Gasteiger partial charge in [0.1, 0.15) is 6.61 Å². The minimum atomic E-state index is -2.10. The van der Waals surface area contributed by atoms with E-state index in [1.54, 1.807) is 29.2 Å². The number of carbonyl (C=O) groups is 3. The SMILES string of the molecule is C=CCOC(=O)Nc1cc(OCCCCCOc2cc(N)c(C(=O)N3C=C(C)C[C@H]3CO[Si](C)(C)C(C)(C)C)cc2OC)c(OC)cc1C(=O)C1C(C)=CN[C@@H]1CO[Si](C)(C)C(C)(C)C. The Morgan fingerprint density at radius 2 is 1.38 bits per heavy atom. The topological polar surface area (TPSA) is 169 Å². The molecule has 65 heavy (non-hydrogen) atoms. The second kappa shape index (κ2) is 22.1. The predicted octanol–water partition coefficient (Wildman–Crippen LogP) is 10.5. The van der Waals surface area contributed by atoms with Gasteiger partial charge in [-0.3, -0.25) is 14.9 Å². The number of nitrogens with zero attached hydrogens (tertiary/aromatic N) is 1. The number of benzene rings is 2. The van der Waals surface area contributed by atoms with Gasteiger partial charge in [-0.1, -0.05) is 59.8 Å². The molecule has 2 aliphatic rings. The van der Waals surface area contributed by atoms with E-state index in [1.807, 2.05) is 26.2 Å². The minimum absolute atomic E-state index is 0.00439. The van der Waals surface area contributed by atoms with E-state index in [-0.39, 0.29) is 51.7 Å². The van der Waals surface area contributed by atoms with Crippen molar-refractivity contribution in [3.8, 4) is 23.0 Å². The number of nitrogens with two attached hydrogens (primary N) is 1. The first kappa shape index (κ1) is 52.8. The molecular formula is C49H76N4O10Si2. The van der Waals surface area contributed by atoms with Crippen molar-refractivity contribution in [2.75, 3.05) is 58.3 Å². The molecule has 2 aromatic rings. The average molecular weight is 937 g/mol. The van der Waals surface area contributed by atoms with Crippen molar-refractivity contribution in [3.63, 3.8) is 0 Å². The molecule has 0 saturated heterocycles. The number of hydrogen-bond acceptors (Lipinski definition) is 12. The second-order valence-corrected chi connectivity index (χ2v) is 29.7. The first-order valence-electron chi connectivity index (χ1n) is 22.6. The van der Waals surface area contributed by atoms with Crippen LogP contribution in [-0.2, 0) is 13.6 Å². The average Bonchev–Trinajstić information content (AvgIpc) is 3.80. The van der Waals surface area contributed by atoms with Gasteiger partial charge in [-0.05, 0) is 99.7 Å². The lowest BCUT2D eigenvalue weighted by Crippen LogP contribution is -2.46. The number of amides is 2. The zero-order valence-electron chi connectivity index (χ0n) is 41.5. The quantitative estimate of drug-likeness (QED) is 0.0336. The Labute approximate surface area is 389 Å². The Morgan fingerprint density at radius 1 is 0.831 bits per heavy atom. The van der Waals surface area contributed by atoms with Gasteiger partial charge in [0.25, 0.3) is 5.91 Å². The normalized spacial score (nSPS) is 17.8. The molecule has 0 saturated carbocycles. The fraction of sp³-hybridized carbons (Fsp3) is 0.571. The molecular weight excluding hydrogens is 861 g/mol. The lowest BCUT2D eigenvalue weighted by molar-refractivity contribution is 0.0738. The Balaban J connectivity index is 1.39. The molecule has 2 aromatic carbocycles.